The summed E-state index contributed by atoms with van der Waals surface area (Å²) in [7, 11) is 0. The molecule has 1 aliphatic rings. The quantitative estimate of drug-likeness (QED) is 0.858. The SMILES string of the molecule is N#CC(C(=O)C1CC1)C(=S)Nc1cccc(Cl)c1Cl. The van der Waals surface area contributed by atoms with Crippen molar-refractivity contribution in [2.45, 2.75) is 12.8 Å². The highest BCUT2D eigenvalue weighted by Crippen LogP contribution is 2.34. The van der Waals surface area contributed by atoms with E-state index < -0.39 is 5.92 Å². The summed E-state index contributed by atoms with van der Waals surface area (Å²) >= 11 is 17.0. The number of nitrogens with zero attached hydrogens (tertiary/aromatic N) is 1. The van der Waals surface area contributed by atoms with Crippen LogP contribution in [0.1, 0.15) is 12.8 Å². The number of rotatable bonds is 4. The van der Waals surface area contributed by atoms with E-state index in [2.05, 4.69) is 5.32 Å². The molecule has 0 spiro atoms. The van der Waals surface area contributed by atoms with E-state index in [1.54, 1.807) is 18.2 Å². The van der Waals surface area contributed by atoms with Crippen LogP contribution < -0.4 is 5.32 Å². The van der Waals surface area contributed by atoms with E-state index in [0.717, 1.165) is 12.8 Å². The Morgan fingerprint density at radius 3 is 2.74 bits per heavy atom. The predicted molar refractivity (Wildman–Crippen MR) is 79.5 cm³/mol. The highest BCUT2D eigenvalue weighted by molar-refractivity contribution is 7.80. The Bertz CT molecular complexity index is 578. The summed E-state index contributed by atoms with van der Waals surface area (Å²) < 4.78 is 0. The molecule has 1 aromatic rings. The molecule has 1 N–H and O–H groups in total. The monoisotopic (exact) mass is 312 g/mol. The molecule has 1 unspecified atom stereocenters. The molecule has 0 bridgehead atoms. The fraction of sp³-hybridized carbons (Fsp3) is 0.308. The minimum Gasteiger partial charge on any atom is -0.347 e. The van der Waals surface area contributed by atoms with Crippen molar-refractivity contribution in [2.24, 2.45) is 11.8 Å². The van der Waals surface area contributed by atoms with Crippen LogP contribution >= 0.6 is 35.4 Å². The molecule has 1 saturated carbocycles. The van der Waals surface area contributed by atoms with Crippen LogP contribution in [0.2, 0.25) is 10.0 Å². The third-order valence-corrected chi connectivity index (χ3v) is 4.02. The first-order valence-corrected chi connectivity index (χ1v) is 6.89. The van der Waals surface area contributed by atoms with E-state index in [0.29, 0.717) is 15.7 Å². The number of benzene rings is 1. The van der Waals surface area contributed by atoms with Crippen LogP contribution in [-0.2, 0) is 4.79 Å². The molecule has 0 amide bonds. The molecule has 6 heteroatoms. The molecule has 0 aliphatic heterocycles. The molecule has 1 aromatic carbocycles. The fourth-order valence-corrected chi connectivity index (χ4v) is 2.29. The molecule has 98 valence electrons. The molecule has 0 radical (unpaired) electrons. The Morgan fingerprint density at radius 1 is 1.47 bits per heavy atom. The van der Waals surface area contributed by atoms with Crippen molar-refractivity contribution in [3.8, 4) is 6.07 Å². The van der Waals surface area contributed by atoms with Gasteiger partial charge in [-0.25, -0.2) is 0 Å². The number of halogens is 2. The van der Waals surface area contributed by atoms with Crippen molar-refractivity contribution in [1.82, 2.24) is 0 Å². The summed E-state index contributed by atoms with van der Waals surface area (Å²) in [5, 5.41) is 12.6. The van der Waals surface area contributed by atoms with E-state index >= 15 is 0 Å². The summed E-state index contributed by atoms with van der Waals surface area (Å²) in [5.41, 5.74) is 0.503. The molecule has 1 aliphatic carbocycles. The number of nitrogens with one attached hydrogen (secondary N) is 1. The molecular formula is C13H10Cl2N2OS. The molecule has 1 fully saturated rings. The zero-order chi connectivity index (χ0) is 14.0. The lowest BCUT2D eigenvalue weighted by Gasteiger charge is -2.13. The minimum atomic E-state index is -0.919. The molecule has 3 nitrogen and oxygen atoms in total. The van der Waals surface area contributed by atoms with Crippen LogP contribution in [0.3, 0.4) is 0 Å². The average Bonchev–Trinajstić information content (AvgIpc) is 3.20. The van der Waals surface area contributed by atoms with Gasteiger partial charge in [-0.3, -0.25) is 4.79 Å². The minimum absolute atomic E-state index is 0.0146. The van der Waals surface area contributed by atoms with Gasteiger partial charge in [0.2, 0.25) is 0 Å². The Hall–Kier alpha value is -1.15. The molecule has 0 aromatic heterocycles. The normalized spacial score (nSPS) is 15.4. The third-order valence-electron chi connectivity index (χ3n) is 2.86. The first kappa shape index (κ1) is 14.3. The maximum atomic E-state index is 11.9. The van der Waals surface area contributed by atoms with Crippen molar-refractivity contribution in [1.29, 1.82) is 5.26 Å². The van der Waals surface area contributed by atoms with Gasteiger partial charge in [-0.2, -0.15) is 5.26 Å². The maximum Gasteiger partial charge on any atom is 0.159 e. The Morgan fingerprint density at radius 2 is 2.16 bits per heavy atom. The second-order valence-electron chi connectivity index (χ2n) is 4.33. The lowest BCUT2D eigenvalue weighted by molar-refractivity contribution is -0.120. The Kier molecular flexibility index (Phi) is 4.41. The molecule has 2 rings (SSSR count). The highest BCUT2D eigenvalue weighted by Gasteiger charge is 2.36. The first-order chi connectivity index (χ1) is 9.04. The van der Waals surface area contributed by atoms with Crippen LogP contribution in [-0.4, -0.2) is 10.8 Å². The van der Waals surface area contributed by atoms with Crippen molar-refractivity contribution in [3.05, 3.63) is 28.2 Å². The van der Waals surface area contributed by atoms with E-state index in [1.165, 1.54) is 0 Å². The molecule has 0 heterocycles. The van der Waals surface area contributed by atoms with Gasteiger partial charge in [0, 0.05) is 5.92 Å². The van der Waals surface area contributed by atoms with Crippen molar-refractivity contribution in [3.63, 3.8) is 0 Å². The second-order valence-corrected chi connectivity index (χ2v) is 5.55. The number of hydrogen-bond acceptors (Lipinski definition) is 3. The van der Waals surface area contributed by atoms with Crippen LogP contribution in [0.15, 0.2) is 18.2 Å². The summed E-state index contributed by atoms with van der Waals surface area (Å²) in [4.78, 5) is 12.1. The summed E-state index contributed by atoms with van der Waals surface area (Å²) in [5.74, 6) is -1.05. The topological polar surface area (TPSA) is 52.9 Å². The van der Waals surface area contributed by atoms with Crippen LogP contribution in [0.5, 0.6) is 0 Å². The van der Waals surface area contributed by atoms with Crippen molar-refractivity contribution >= 4 is 51.9 Å². The van der Waals surface area contributed by atoms with Gasteiger partial charge in [-0.15, -0.1) is 0 Å². The molecular weight excluding hydrogens is 303 g/mol. The Labute approximate surface area is 126 Å². The maximum absolute atomic E-state index is 11.9. The van der Waals surface area contributed by atoms with Gasteiger partial charge in [0.15, 0.2) is 11.7 Å². The lowest BCUT2D eigenvalue weighted by Crippen LogP contribution is -2.28. The van der Waals surface area contributed by atoms with Crippen molar-refractivity contribution in [2.75, 3.05) is 5.32 Å². The predicted octanol–water partition coefficient (Wildman–Crippen LogP) is 3.85. The van der Waals surface area contributed by atoms with Gasteiger partial charge in [0.1, 0.15) is 4.99 Å². The standard InChI is InChI=1S/C13H10Cl2N2OS/c14-9-2-1-3-10(11(9)15)17-13(19)8(6-16)12(18)7-4-5-7/h1-3,7-8H,4-5H2,(H,17,19). The van der Waals surface area contributed by atoms with E-state index in [-0.39, 0.29) is 16.7 Å². The van der Waals surface area contributed by atoms with E-state index in [1.807, 2.05) is 6.07 Å². The summed E-state index contributed by atoms with van der Waals surface area (Å²) in [6.07, 6.45) is 1.69. The number of thiocarbonyl (C=S) groups is 1. The average molecular weight is 313 g/mol. The largest absolute Gasteiger partial charge is 0.347 e. The smallest absolute Gasteiger partial charge is 0.159 e. The van der Waals surface area contributed by atoms with Crippen molar-refractivity contribution < 1.29 is 4.79 Å². The zero-order valence-corrected chi connectivity index (χ0v) is 12.1. The summed E-state index contributed by atoms with van der Waals surface area (Å²) in [6, 6.07) is 7.00. The number of nitriles is 1. The number of ketones is 1. The van der Waals surface area contributed by atoms with Gasteiger partial charge < -0.3 is 5.32 Å². The van der Waals surface area contributed by atoms with E-state index in [4.69, 9.17) is 40.7 Å². The molecule has 0 saturated heterocycles. The number of Topliss-reactive ketones (excluding diaryl/α,β-unsaturated/α-hetero) is 1. The third kappa shape index (κ3) is 3.24. The van der Waals surface area contributed by atoms with Crippen LogP contribution in [0.25, 0.3) is 0 Å². The number of hydrogen-bond donors (Lipinski definition) is 1. The van der Waals surface area contributed by atoms with E-state index in [9.17, 15) is 4.79 Å². The highest BCUT2D eigenvalue weighted by atomic mass is 35.5. The summed E-state index contributed by atoms with van der Waals surface area (Å²) in [6.45, 7) is 0. The number of carbonyl (C=O) groups is 1. The second kappa shape index (κ2) is 5.87. The van der Waals surface area contributed by atoms with Crippen LogP contribution in [0.4, 0.5) is 5.69 Å². The Balaban J connectivity index is 2.13. The first-order valence-electron chi connectivity index (χ1n) is 5.73. The van der Waals surface area contributed by atoms with Gasteiger partial charge >= 0.3 is 0 Å². The van der Waals surface area contributed by atoms with Gasteiger partial charge in [0.05, 0.1) is 21.8 Å². The molecule has 1 atom stereocenters. The molecule has 19 heavy (non-hydrogen) atoms. The van der Waals surface area contributed by atoms with Gasteiger partial charge in [-0.1, -0.05) is 41.5 Å². The van der Waals surface area contributed by atoms with Gasteiger partial charge in [-0.05, 0) is 25.0 Å². The van der Waals surface area contributed by atoms with Crippen LogP contribution in [0, 0.1) is 23.2 Å². The number of anilines is 1. The zero-order valence-electron chi connectivity index (χ0n) is 9.82. The lowest BCUT2D eigenvalue weighted by atomic mass is 10.0. The van der Waals surface area contributed by atoms with Gasteiger partial charge in [0.25, 0.3) is 0 Å². The number of carbonyl (C=O) groups excluding carboxylic acids is 1. The fourth-order valence-electron chi connectivity index (χ4n) is 1.66.